The number of nitrogens with one attached hydrogen (secondary N) is 1. The van der Waals surface area contributed by atoms with E-state index >= 15 is 0 Å². The predicted molar refractivity (Wildman–Crippen MR) is 47.8 cm³/mol. The van der Waals surface area contributed by atoms with E-state index in [4.69, 9.17) is 9.94 Å². The Balaban J connectivity index is 2.88. The van der Waals surface area contributed by atoms with Crippen molar-refractivity contribution < 1.29 is 14.7 Å². The molecule has 0 atom stereocenters. The third kappa shape index (κ3) is 2.30. The number of ether oxygens (including phenoxy) is 1. The van der Waals surface area contributed by atoms with Gasteiger partial charge in [0.05, 0.1) is 6.61 Å². The number of hydroxylamine groups is 1. The highest BCUT2D eigenvalue weighted by atomic mass is 16.5. The molecule has 0 amide bonds. The van der Waals surface area contributed by atoms with Gasteiger partial charge in [0, 0.05) is 25.4 Å². The van der Waals surface area contributed by atoms with E-state index in [1.54, 1.807) is 20.2 Å². The Bertz CT molecular complexity index is 322. The summed E-state index contributed by atoms with van der Waals surface area (Å²) in [6, 6.07) is 0. The monoisotopic (exact) mass is 199 g/mol. The number of hydrogen-bond donors (Lipinski definition) is 2. The van der Waals surface area contributed by atoms with Crippen molar-refractivity contribution in [1.29, 1.82) is 0 Å². The fourth-order valence-electron chi connectivity index (χ4n) is 1.12. The average Bonchev–Trinajstić information content (AvgIpc) is 2.48. The molecule has 0 aromatic carbocycles. The summed E-state index contributed by atoms with van der Waals surface area (Å²) >= 11 is 0. The van der Waals surface area contributed by atoms with Crippen LogP contribution in [0.25, 0.3) is 0 Å². The lowest BCUT2D eigenvalue weighted by molar-refractivity contribution is 0.0516. The van der Waals surface area contributed by atoms with Crippen molar-refractivity contribution >= 4 is 5.97 Å². The highest BCUT2D eigenvalue weighted by Gasteiger charge is 2.16. The van der Waals surface area contributed by atoms with Crippen LogP contribution in [-0.2, 0) is 18.3 Å². The van der Waals surface area contributed by atoms with Crippen molar-refractivity contribution in [3.05, 3.63) is 17.5 Å². The Labute approximate surface area is 81.4 Å². The van der Waals surface area contributed by atoms with Gasteiger partial charge in [0.15, 0.2) is 5.69 Å². The van der Waals surface area contributed by atoms with E-state index in [0.29, 0.717) is 12.2 Å². The molecule has 0 aliphatic carbocycles. The van der Waals surface area contributed by atoms with Crippen molar-refractivity contribution in [2.24, 2.45) is 7.05 Å². The molecule has 6 nitrogen and oxygen atoms in total. The Morgan fingerprint density at radius 1 is 1.79 bits per heavy atom. The number of hydrogen-bond acceptors (Lipinski definition) is 5. The first-order chi connectivity index (χ1) is 6.69. The molecule has 1 rings (SSSR count). The second-order valence-electron chi connectivity index (χ2n) is 2.73. The van der Waals surface area contributed by atoms with Crippen LogP contribution in [-0.4, -0.2) is 27.6 Å². The van der Waals surface area contributed by atoms with E-state index < -0.39 is 5.97 Å². The fraction of sp³-hybridized carbons (Fsp3) is 0.500. The van der Waals surface area contributed by atoms with Gasteiger partial charge in [-0.3, -0.25) is 4.68 Å². The minimum absolute atomic E-state index is 0.169. The van der Waals surface area contributed by atoms with E-state index in [0.717, 1.165) is 0 Å². The summed E-state index contributed by atoms with van der Waals surface area (Å²) in [4.78, 5) is 11.3. The molecule has 0 unspecified atom stereocenters. The van der Waals surface area contributed by atoms with Crippen LogP contribution in [0.2, 0.25) is 0 Å². The van der Waals surface area contributed by atoms with E-state index in [2.05, 4.69) is 5.10 Å². The Hall–Kier alpha value is -1.40. The maximum Gasteiger partial charge on any atom is 0.359 e. The first-order valence-corrected chi connectivity index (χ1v) is 4.25. The number of rotatable bonds is 4. The van der Waals surface area contributed by atoms with Crippen LogP contribution in [0.3, 0.4) is 0 Å². The Kier molecular flexibility index (Phi) is 3.61. The summed E-state index contributed by atoms with van der Waals surface area (Å²) in [5.74, 6) is -0.474. The molecule has 1 aromatic heterocycles. The van der Waals surface area contributed by atoms with Crippen LogP contribution in [0, 0.1) is 0 Å². The molecule has 0 aliphatic rings. The van der Waals surface area contributed by atoms with E-state index in [-0.39, 0.29) is 12.2 Å². The number of nitrogens with zero attached hydrogens (tertiary/aromatic N) is 2. The first-order valence-electron chi connectivity index (χ1n) is 4.25. The van der Waals surface area contributed by atoms with Gasteiger partial charge in [-0.1, -0.05) is 0 Å². The van der Waals surface area contributed by atoms with Crippen molar-refractivity contribution in [3.8, 4) is 0 Å². The van der Waals surface area contributed by atoms with Crippen LogP contribution in [0.1, 0.15) is 23.0 Å². The summed E-state index contributed by atoms with van der Waals surface area (Å²) in [5, 5.41) is 12.5. The molecule has 6 heteroatoms. The maximum atomic E-state index is 11.3. The summed E-state index contributed by atoms with van der Waals surface area (Å²) in [5.41, 5.74) is 2.81. The number of aromatic nitrogens is 2. The lowest BCUT2D eigenvalue weighted by Crippen LogP contribution is -2.12. The van der Waals surface area contributed by atoms with Crippen LogP contribution in [0.4, 0.5) is 0 Å². The zero-order chi connectivity index (χ0) is 10.6. The molecule has 0 saturated carbocycles. The Morgan fingerprint density at radius 3 is 3.07 bits per heavy atom. The molecule has 14 heavy (non-hydrogen) atoms. The third-order valence-electron chi connectivity index (χ3n) is 1.64. The van der Waals surface area contributed by atoms with E-state index in [1.165, 1.54) is 4.68 Å². The SMILES string of the molecule is CCOC(=O)c1nn(C)cc1CNO. The molecular weight excluding hydrogens is 186 g/mol. The minimum Gasteiger partial charge on any atom is -0.461 e. The van der Waals surface area contributed by atoms with Crippen molar-refractivity contribution in [1.82, 2.24) is 15.3 Å². The quantitative estimate of drug-likeness (QED) is 0.530. The summed E-state index contributed by atoms with van der Waals surface area (Å²) in [7, 11) is 1.70. The van der Waals surface area contributed by atoms with Gasteiger partial charge in [-0.25, -0.2) is 10.3 Å². The van der Waals surface area contributed by atoms with E-state index in [9.17, 15) is 4.79 Å². The standard InChI is InChI=1S/C8H13N3O3/c1-3-14-8(12)7-6(4-9-13)5-11(2)10-7/h5,9,13H,3-4H2,1-2H3. The van der Waals surface area contributed by atoms with Gasteiger partial charge in [0.1, 0.15) is 0 Å². The largest absolute Gasteiger partial charge is 0.461 e. The van der Waals surface area contributed by atoms with Gasteiger partial charge < -0.3 is 9.94 Å². The topological polar surface area (TPSA) is 76.4 Å². The molecule has 1 heterocycles. The van der Waals surface area contributed by atoms with Gasteiger partial charge in [-0.05, 0) is 6.92 Å². The number of carbonyl (C=O) groups is 1. The van der Waals surface area contributed by atoms with Crippen molar-refractivity contribution in [2.75, 3.05) is 6.61 Å². The van der Waals surface area contributed by atoms with Gasteiger partial charge in [-0.15, -0.1) is 0 Å². The van der Waals surface area contributed by atoms with Gasteiger partial charge in [0.2, 0.25) is 0 Å². The van der Waals surface area contributed by atoms with Gasteiger partial charge in [-0.2, -0.15) is 5.10 Å². The minimum atomic E-state index is -0.474. The molecule has 0 fully saturated rings. The van der Waals surface area contributed by atoms with Crippen LogP contribution in [0.15, 0.2) is 6.20 Å². The molecule has 0 saturated heterocycles. The lowest BCUT2D eigenvalue weighted by atomic mass is 10.2. The Morgan fingerprint density at radius 2 is 2.50 bits per heavy atom. The molecule has 0 aliphatic heterocycles. The lowest BCUT2D eigenvalue weighted by Gasteiger charge is -2.00. The third-order valence-corrected chi connectivity index (χ3v) is 1.64. The molecule has 0 bridgehead atoms. The second-order valence-corrected chi connectivity index (χ2v) is 2.73. The zero-order valence-corrected chi connectivity index (χ0v) is 8.15. The first kappa shape index (κ1) is 10.7. The van der Waals surface area contributed by atoms with Crippen LogP contribution < -0.4 is 5.48 Å². The predicted octanol–water partition coefficient (Wildman–Crippen LogP) is 0.0756. The second kappa shape index (κ2) is 4.73. The highest BCUT2D eigenvalue weighted by molar-refractivity contribution is 5.88. The molecule has 1 aromatic rings. The fourth-order valence-corrected chi connectivity index (χ4v) is 1.12. The molecule has 78 valence electrons. The summed E-state index contributed by atoms with van der Waals surface area (Å²) < 4.78 is 6.30. The molecule has 0 radical (unpaired) electrons. The van der Waals surface area contributed by atoms with Crippen molar-refractivity contribution in [2.45, 2.75) is 13.5 Å². The molecule has 0 spiro atoms. The summed E-state index contributed by atoms with van der Waals surface area (Å²) in [6.45, 7) is 2.20. The smallest absolute Gasteiger partial charge is 0.359 e. The normalized spacial score (nSPS) is 10.2. The maximum absolute atomic E-state index is 11.3. The summed E-state index contributed by atoms with van der Waals surface area (Å²) in [6.07, 6.45) is 1.65. The van der Waals surface area contributed by atoms with Crippen LogP contribution in [0.5, 0.6) is 0 Å². The molecule has 2 N–H and O–H groups in total. The zero-order valence-electron chi connectivity index (χ0n) is 8.15. The number of esters is 1. The van der Waals surface area contributed by atoms with Gasteiger partial charge in [0.25, 0.3) is 0 Å². The van der Waals surface area contributed by atoms with Crippen LogP contribution >= 0.6 is 0 Å². The number of carbonyl (C=O) groups excluding carboxylic acids is 1. The number of aryl methyl sites for hydroxylation is 1. The molecular formula is C8H13N3O3. The highest BCUT2D eigenvalue weighted by Crippen LogP contribution is 2.07. The van der Waals surface area contributed by atoms with Crippen molar-refractivity contribution in [3.63, 3.8) is 0 Å². The van der Waals surface area contributed by atoms with E-state index in [1.807, 2.05) is 5.48 Å². The van der Waals surface area contributed by atoms with Gasteiger partial charge >= 0.3 is 5.97 Å². The average molecular weight is 199 g/mol.